The van der Waals surface area contributed by atoms with Crippen LogP contribution >= 0.6 is 23.1 Å². The van der Waals surface area contributed by atoms with E-state index >= 15 is 0 Å². The second-order valence-electron chi connectivity index (χ2n) is 6.55. The number of thiazole rings is 1. The Kier molecular flexibility index (Phi) is 9.20. The van der Waals surface area contributed by atoms with Crippen molar-refractivity contribution in [2.45, 2.75) is 39.5 Å². The maximum Gasteiger partial charge on any atom is 0.194 e. The number of hydrogen-bond acceptors (Lipinski definition) is 7. The zero-order valence-electron chi connectivity index (χ0n) is 17.6. The molecule has 1 unspecified atom stereocenters. The normalized spacial score (nSPS) is 13.0. The second-order valence-corrected chi connectivity index (χ2v) is 8.42. The van der Waals surface area contributed by atoms with Crippen molar-refractivity contribution in [3.05, 3.63) is 27.7 Å². The van der Waals surface area contributed by atoms with Gasteiger partial charge >= 0.3 is 0 Å². The van der Waals surface area contributed by atoms with Crippen molar-refractivity contribution in [2.75, 3.05) is 32.7 Å². The summed E-state index contributed by atoms with van der Waals surface area (Å²) in [6.07, 6.45) is 3.22. The van der Waals surface area contributed by atoms with Crippen molar-refractivity contribution in [2.24, 2.45) is 12.0 Å². The highest BCUT2D eigenvalue weighted by Gasteiger charge is 2.13. The number of ether oxygens (including phenoxy) is 1. The lowest BCUT2D eigenvalue weighted by molar-refractivity contribution is 0.119. The van der Waals surface area contributed by atoms with E-state index in [-0.39, 0.29) is 6.10 Å². The maximum atomic E-state index is 5.36. The third-order valence-corrected chi connectivity index (χ3v) is 6.14. The van der Waals surface area contributed by atoms with Crippen LogP contribution in [0.25, 0.3) is 0 Å². The number of methoxy groups -OCH3 is 1. The van der Waals surface area contributed by atoms with Crippen LogP contribution in [-0.2, 0) is 24.9 Å². The van der Waals surface area contributed by atoms with Crippen molar-refractivity contribution in [3.8, 4) is 0 Å². The predicted molar refractivity (Wildman–Crippen MR) is 117 cm³/mol. The minimum Gasteiger partial charge on any atom is -0.375 e. The van der Waals surface area contributed by atoms with Gasteiger partial charge in [-0.3, -0.25) is 0 Å². The summed E-state index contributed by atoms with van der Waals surface area (Å²) in [5.74, 6) is 3.70. The largest absolute Gasteiger partial charge is 0.375 e. The van der Waals surface area contributed by atoms with Crippen LogP contribution < -0.4 is 5.32 Å². The molecule has 2 aromatic heterocycles. The number of thioether (sulfide) groups is 1. The summed E-state index contributed by atoms with van der Waals surface area (Å²) in [7, 11) is 5.69. The van der Waals surface area contributed by atoms with Crippen LogP contribution in [0, 0.1) is 6.92 Å². The summed E-state index contributed by atoms with van der Waals surface area (Å²) < 4.78 is 7.33. The van der Waals surface area contributed by atoms with Crippen molar-refractivity contribution < 1.29 is 4.74 Å². The number of guanidine groups is 1. The van der Waals surface area contributed by atoms with Crippen molar-refractivity contribution in [3.63, 3.8) is 0 Å². The van der Waals surface area contributed by atoms with Crippen LogP contribution in [0.2, 0.25) is 0 Å². The number of rotatable bonds is 10. The van der Waals surface area contributed by atoms with Crippen LogP contribution in [0.15, 0.2) is 10.4 Å². The van der Waals surface area contributed by atoms with Crippen LogP contribution in [-0.4, -0.2) is 63.3 Å². The molecular formula is C18H31N7OS2. The van der Waals surface area contributed by atoms with E-state index in [0.717, 1.165) is 47.0 Å². The number of aliphatic imine (C=N–C) groups is 1. The molecule has 0 aliphatic carbocycles. The van der Waals surface area contributed by atoms with E-state index in [9.17, 15) is 0 Å². The van der Waals surface area contributed by atoms with E-state index in [1.54, 1.807) is 18.4 Å². The van der Waals surface area contributed by atoms with Gasteiger partial charge < -0.3 is 19.5 Å². The van der Waals surface area contributed by atoms with E-state index in [1.165, 1.54) is 0 Å². The number of aryl methyl sites for hydroxylation is 1. The Balaban J connectivity index is 2.06. The van der Waals surface area contributed by atoms with Gasteiger partial charge in [0, 0.05) is 33.1 Å². The number of hydrogen-bond donors (Lipinski definition) is 1. The summed E-state index contributed by atoms with van der Waals surface area (Å²) in [5.41, 5.74) is 1.01. The molecule has 1 atom stereocenters. The van der Waals surface area contributed by atoms with Crippen LogP contribution in [0.1, 0.15) is 41.8 Å². The molecule has 2 aromatic rings. The Morgan fingerprint density at radius 3 is 2.89 bits per heavy atom. The topological polar surface area (TPSA) is 80.5 Å². The first-order valence-electron chi connectivity index (χ1n) is 9.26. The molecule has 0 aliphatic rings. The molecule has 10 heteroatoms. The Morgan fingerprint density at radius 1 is 1.46 bits per heavy atom. The van der Waals surface area contributed by atoms with E-state index in [0.29, 0.717) is 13.1 Å². The molecule has 0 aliphatic heterocycles. The van der Waals surface area contributed by atoms with Crippen molar-refractivity contribution >= 4 is 29.1 Å². The molecule has 0 radical (unpaired) electrons. The molecule has 156 valence electrons. The first-order chi connectivity index (χ1) is 13.5. The Morgan fingerprint density at radius 2 is 2.25 bits per heavy atom. The number of aromatic nitrogens is 4. The molecule has 0 amide bonds. The molecule has 0 fully saturated rings. The lowest BCUT2D eigenvalue weighted by atomic mass is 10.4. The summed E-state index contributed by atoms with van der Waals surface area (Å²) >= 11 is 3.48. The highest BCUT2D eigenvalue weighted by Crippen LogP contribution is 2.21. The van der Waals surface area contributed by atoms with Crippen LogP contribution in [0.3, 0.4) is 0 Å². The third kappa shape index (κ3) is 6.46. The van der Waals surface area contributed by atoms with Gasteiger partial charge in [-0.15, -0.1) is 21.5 Å². The van der Waals surface area contributed by atoms with Gasteiger partial charge in [0.15, 0.2) is 11.8 Å². The molecule has 8 nitrogen and oxygen atoms in total. The van der Waals surface area contributed by atoms with Gasteiger partial charge in [0.05, 0.1) is 12.2 Å². The minimum atomic E-state index is 0.0148. The Bertz CT molecular complexity index is 759. The molecule has 0 spiro atoms. The molecule has 28 heavy (non-hydrogen) atoms. The summed E-state index contributed by atoms with van der Waals surface area (Å²) in [6, 6.07) is 0. The van der Waals surface area contributed by atoms with E-state index in [4.69, 9.17) is 9.73 Å². The molecule has 2 heterocycles. The zero-order valence-corrected chi connectivity index (χ0v) is 19.2. The molecule has 0 bridgehead atoms. The van der Waals surface area contributed by atoms with Crippen LogP contribution in [0.5, 0.6) is 0 Å². The van der Waals surface area contributed by atoms with E-state index in [2.05, 4.69) is 37.0 Å². The Labute approximate surface area is 175 Å². The minimum absolute atomic E-state index is 0.0148. The molecule has 1 N–H and O–H groups in total. The standard InChI is InChI=1S/C18H31N7OS2/c1-13(26-5)17-21-15(12-28-17)11-24(3)18(19-8-7-9-27-6)20-10-16-23-22-14(2)25(16)4/h12-13H,7-11H2,1-6H3,(H,19,20). The average Bonchev–Trinajstić information content (AvgIpc) is 3.28. The lowest BCUT2D eigenvalue weighted by Crippen LogP contribution is -2.39. The van der Waals surface area contributed by atoms with Crippen molar-refractivity contribution in [1.29, 1.82) is 0 Å². The van der Waals surface area contributed by atoms with Gasteiger partial charge in [-0.2, -0.15) is 11.8 Å². The summed E-state index contributed by atoms with van der Waals surface area (Å²) in [6.45, 7) is 5.99. The quantitative estimate of drug-likeness (QED) is 0.356. The third-order valence-electron chi connectivity index (χ3n) is 4.39. The van der Waals surface area contributed by atoms with Gasteiger partial charge in [0.25, 0.3) is 0 Å². The first kappa shape index (κ1) is 22.6. The average molecular weight is 426 g/mol. The second kappa shape index (κ2) is 11.4. The first-order valence-corrected chi connectivity index (χ1v) is 11.5. The molecule has 0 saturated carbocycles. The van der Waals surface area contributed by atoms with E-state index in [1.807, 2.05) is 44.3 Å². The fourth-order valence-corrected chi connectivity index (χ4v) is 3.74. The molecule has 2 rings (SSSR count). The summed E-state index contributed by atoms with van der Waals surface area (Å²) in [5, 5.41) is 14.9. The fourth-order valence-electron chi connectivity index (χ4n) is 2.46. The summed E-state index contributed by atoms with van der Waals surface area (Å²) in [4.78, 5) is 11.6. The number of nitrogens with zero attached hydrogens (tertiary/aromatic N) is 6. The zero-order chi connectivity index (χ0) is 20.5. The monoisotopic (exact) mass is 425 g/mol. The predicted octanol–water partition coefficient (Wildman–Crippen LogP) is 2.62. The van der Waals surface area contributed by atoms with E-state index < -0.39 is 0 Å². The van der Waals surface area contributed by atoms with Gasteiger partial charge in [-0.05, 0) is 32.3 Å². The lowest BCUT2D eigenvalue weighted by Gasteiger charge is -2.21. The SMILES string of the molecule is COC(C)c1nc(CN(C)C(=NCc2nnc(C)n2C)NCCCSC)cs1. The van der Waals surface area contributed by atoms with Gasteiger partial charge in [-0.1, -0.05) is 0 Å². The maximum absolute atomic E-state index is 5.36. The van der Waals surface area contributed by atoms with Gasteiger partial charge in [0.2, 0.25) is 0 Å². The Hall–Kier alpha value is -1.65. The number of nitrogens with one attached hydrogen (secondary N) is 1. The van der Waals surface area contributed by atoms with Crippen molar-refractivity contribution in [1.82, 2.24) is 30.0 Å². The van der Waals surface area contributed by atoms with Crippen LogP contribution in [0.4, 0.5) is 0 Å². The smallest absolute Gasteiger partial charge is 0.194 e. The highest BCUT2D eigenvalue weighted by molar-refractivity contribution is 7.98. The molecule has 0 aromatic carbocycles. The highest BCUT2D eigenvalue weighted by atomic mass is 32.2. The van der Waals surface area contributed by atoms with Gasteiger partial charge in [0.1, 0.15) is 23.5 Å². The molecule has 0 saturated heterocycles. The van der Waals surface area contributed by atoms with Gasteiger partial charge in [-0.25, -0.2) is 9.98 Å². The fraction of sp³-hybridized carbons (Fsp3) is 0.667. The molecular weight excluding hydrogens is 394 g/mol.